The van der Waals surface area contributed by atoms with Gasteiger partial charge in [0.2, 0.25) is 5.95 Å². The summed E-state index contributed by atoms with van der Waals surface area (Å²) in [4.78, 5) is 11.6. The number of nitrogens with zero attached hydrogens (tertiary/aromatic N) is 3. The van der Waals surface area contributed by atoms with Gasteiger partial charge in [0.15, 0.2) is 0 Å². The van der Waals surface area contributed by atoms with E-state index in [0.29, 0.717) is 12.1 Å². The van der Waals surface area contributed by atoms with E-state index in [-0.39, 0.29) is 0 Å². The summed E-state index contributed by atoms with van der Waals surface area (Å²) in [5, 5.41) is 8.45. The van der Waals surface area contributed by atoms with E-state index in [2.05, 4.69) is 58.9 Å². The minimum atomic E-state index is 0.441. The minimum Gasteiger partial charge on any atom is -0.362 e. The maximum atomic E-state index is 4.79. The maximum absolute atomic E-state index is 4.79. The molecule has 0 amide bonds. The van der Waals surface area contributed by atoms with Crippen LogP contribution in [0.1, 0.15) is 36.8 Å². The van der Waals surface area contributed by atoms with Crippen molar-refractivity contribution in [3.05, 3.63) is 59.7 Å². The molecule has 0 saturated heterocycles. The zero-order chi connectivity index (χ0) is 20.9. The topological polar surface area (TPSA) is 53.1 Å². The average Bonchev–Trinajstić information content (AvgIpc) is 2.74. The van der Waals surface area contributed by atoms with Gasteiger partial charge in [0.05, 0.1) is 5.52 Å². The first-order valence-corrected chi connectivity index (χ1v) is 11.1. The van der Waals surface area contributed by atoms with Gasteiger partial charge in [-0.05, 0) is 63.3 Å². The molecule has 3 aromatic rings. The molecule has 4 rings (SSSR count). The van der Waals surface area contributed by atoms with Crippen LogP contribution in [0.5, 0.6) is 0 Å². The second-order valence-electron chi connectivity index (χ2n) is 8.67. The molecule has 1 aliphatic carbocycles. The highest BCUT2D eigenvalue weighted by Crippen LogP contribution is 2.26. The molecule has 1 saturated carbocycles. The van der Waals surface area contributed by atoms with Crippen molar-refractivity contribution in [1.82, 2.24) is 15.3 Å². The fourth-order valence-electron chi connectivity index (χ4n) is 4.38. The van der Waals surface area contributed by atoms with E-state index in [1.807, 2.05) is 26.2 Å². The van der Waals surface area contributed by atoms with Crippen LogP contribution in [0, 0.1) is 6.92 Å². The third-order valence-corrected chi connectivity index (χ3v) is 6.00. The highest BCUT2D eigenvalue weighted by atomic mass is 15.2. The summed E-state index contributed by atoms with van der Waals surface area (Å²) >= 11 is 0. The number of hydrogen-bond acceptors (Lipinski definition) is 5. The maximum Gasteiger partial charge on any atom is 0.225 e. The van der Waals surface area contributed by atoms with Crippen LogP contribution in [0.3, 0.4) is 0 Å². The summed E-state index contributed by atoms with van der Waals surface area (Å²) in [5.74, 6) is 1.71. The first-order valence-electron chi connectivity index (χ1n) is 11.1. The number of para-hydroxylation sites is 1. The highest BCUT2D eigenvalue weighted by Gasteiger charge is 2.22. The smallest absolute Gasteiger partial charge is 0.225 e. The molecule has 0 radical (unpaired) electrons. The monoisotopic (exact) mass is 403 g/mol. The summed E-state index contributed by atoms with van der Waals surface area (Å²) in [6.45, 7) is 3.21. The molecule has 5 nitrogen and oxygen atoms in total. The summed E-state index contributed by atoms with van der Waals surface area (Å²) < 4.78 is 0. The van der Waals surface area contributed by atoms with Gasteiger partial charge in [-0.2, -0.15) is 4.98 Å². The lowest BCUT2D eigenvalue weighted by atomic mass is 9.91. The Morgan fingerprint density at radius 3 is 2.47 bits per heavy atom. The van der Waals surface area contributed by atoms with Gasteiger partial charge < -0.3 is 15.5 Å². The Balaban J connectivity index is 1.29. The van der Waals surface area contributed by atoms with Crippen LogP contribution >= 0.6 is 0 Å². The molecule has 0 unspecified atom stereocenters. The van der Waals surface area contributed by atoms with Crippen molar-refractivity contribution >= 4 is 22.7 Å². The molecule has 2 N–H and O–H groups in total. The zero-order valence-electron chi connectivity index (χ0n) is 18.4. The molecule has 5 heteroatoms. The number of benzene rings is 2. The zero-order valence-corrected chi connectivity index (χ0v) is 18.4. The Morgan fingerprint density at radius 2 is 1.70 bits per heavy atom. The lowest BCUT2D eigenvalue weighted by molar-refractivity contribution is 0.355. The van der Waals surface area contributed by atoms with Crippen LogP contribution in [0.15, 0.2) is 48.5 Å². The van der Waals surface area contributed by atoms with Crippen molar-refractivity contribution in [2.45, 2.75) is 51.1 Å². The Hall–Kier alpha value is -2.66. The summed E-state index contributed by atoms with van der Waals surface area (Å²) in [5.41, 5.74) is 3.75. The van der Waals surface area contributed by atoms with Gasteiger partial charge >= 0.3 is 0 Å². The van der Waals surface area contributed by atoms with E-state index in [4.69, 9.17) is 9.97 Å². The van der Waals surface area contributed by atoms with Gasteiger partial charge in [-0.1, -0.05) is 42.0 Å². The van der Waals surface area contributed by atoms with Crippen molar-refractivity contribution in [2.75, 3.05) is 30.9 Å². The van der Waals surface area contributed by atoms with Crippen LogP contribution in [0.2, 0.25) is 0 Å². The summed E-state index contributed by atoms with van der Waals surface area (Å²) in [6.07, 6.45) is 5.78. The normalized spacial score (nSPS) is 19.0. The molecule has 30 heavy (non-hydrogen) atoms. The Bertz CT molecular complexity index is 976. The molecule has 158 valence electrons. The van der Waals surface area contributed by atoms with Crippen molar-refractivity contribution < 1.29 is 0 Å². The lowest BCUT2D eigenvalue weighted by Crippen LogP contribution is -2.38. The van der Waals surface area contributed by atoms with Gasteiger partial charge in [0.1, 0.15) is 5.82 Å². The van der Waals surface area contributed by atoms with Crippen molar-refractivity contribution in [3.8, 4) is 0 Å². The second-order valence-corrected chi connectivity index (χ2v) is 8.67. The standard InChI is InChI=1S/C25H33N5/c1-18-7-6-8-19(17-18)15-16-26-20-11-13-21(14-12-20)27-25-28-23-10-5-4-9-22(23)24(29-25)30(2)3/h4-10,17,20-21,26H,11-16H2,1-3H3,(H,27,28,29)/t20-,21+. The predicted octanol–water partition coefficient (Wildman–Crippen LogP) is 4.56. The molecule has 0 aliphatic heterocycles. The van der Waals surface area contributed by atoms with Crippen LogP contribution in [-0.4, -0.2) is 42.7 Å². The van der Waals surface area contributed by atoms with Gasteiger partial charge in [0, 0.05) is 31.6 Å². The predicted molar refractivity (Wildman–Crippen MR) is 126 cm³/mol. The van der Waals surface area contributed by atoms with Crippen molar-refractivity contribution in [2.24, 2.45) is 0 Å². The number of hydrogen-bond donors (Lipinski definition) is 2. The third-order valence-electron chi connectivity index (χ3n) is 6.00. The van der Waals surface area contributed by atoms with E-state index in [9.17, 15) is 0 Å². The molecular weight excluding hydrogens is 370 g/mol. The van der Waals surface area contributed by atoms with Gasteiger partial charge in [0.25, 0.3) is 0 Å². The van der Waals surface area contributed by atoms with Crippen LogP contribution in [0.4, 0.5) is 11.8 Å². The highest BCUT2D eigenvalue weighted by molar-refractivity contribution is 5.90. The van der Waals surface area contributed by atoms with E-state index >= 15 is 0 Å². The Morgan fingerprint density at radius 1 is 0.933 bits per heavy atom. The van der Waals surface area contributed by atoms with E-state index in [0.717, 1.165) is 48.5 Å². The third kappa shape index (κ3) is 5.08. The van der Waals surface area contributed by atoms with Crippen LogP contribution in [0.25, 0.3) is 10.9 Å². The van der Waals surface area contributed by atoms with Crippen molar-refractivity contribution in [3.63, 3.8) is 0 Å². The minimum absolute atomic E-state index is 0.441. The largest absolute Gasteiger partial charge is 0.362 e. The second kappa shape index (κ2) is 9.43. The molecule has 0 atom stereocenters. The molecule has 1 aliphatic rings. The number of rotatable bonds is 7. The van der Waals surface area contributed by atoms with E-state index in [1.54, 1.807) is 0 Å². The Labute approximate surface area is 179 Å². The van der Waals surface area contributed by atoms with E-state index in [1.165, 1.54) is 24.0 Å². The summed E-state index contributed by atoms with van der Waals surface area (Å²) in [6, 6.07) is 18.1. The van der Waals surface area contributed by atoms with Gasteiger partial charge in [-0.25, -0.2) is 4.98 Å². The number of anilines is 2. The summed E-state index contributed by atoms with van der Waals surface area (Å²) in [7, 11) is 4.07. The average molecular weight is 404 g/mol. The number of aromatic nitrogens is 2. The number of fused-ring (bicyclic) bond motifs is 1. The molecule has 1 heterocycles. The van der Waals surface area contributed by atoms with Crippen LogP contribution in [-0.2, 0) is 6.42 Å². The van der Waals surface area contributed by atoms with Gasteiger partial charge in [-0.15, -0.1) is 0 Å². The SMILES string of the molecule is Cc1cccc(CCN[C@H]2CC[C@@H](Nc3nc(N(C)C)c4ccccc4n3)CC2)c1. The quantitative estimate of drug-likeness (QED) is 0.606. The fourth-order valence-corrected chi connectivity index (χ4v) is 4.38. The van der Waals surface area contributed by atoms with Crippen LogP contribution < -0.4 is 15.5 Å². The number of aryl methyl sites for hydroxylation is 1. The first kappa shape index (κ1) is 20.6. The molecular formula is C25H33N5. The van der Waals surface area contributed by atoms with Crippen molar-refractivity contribution in [1.29, 1.82) is 0 Å². The Kier molecular flexibility index (Phi) is 6.48. The lowest BCUT2D eigenvalue weighted by Gasteiger charge is -2.30. The van der Waals surface area contributed by atoms with Gasteiger partial charge in [-0.3, -0.25) is 0 Å². The first-order chi connectivity index (χ1) is 14.6. The van der Waals surface area contributed by atoms with E-state index < -0.39 is 0 Å². The number of nitrogens with one attached hydrogen (secondary N) is 2. The molecule has 1 aromatic heterocycles. The molecule has 0 bridgehead atoms. The molecule has 1 fully saturated rings. The molecule has 2 aromatic carbocycles. The fraction of sp³-hybridized carbons (Fsp3) is 0.440. The molecule has 0 spiro atoms.